The molecule has 1 atom stereocenters. The highest BCUT2D eigenvalue weighted by molar-refractivity contribution is 5.79. The average Bonchev–Trinajstić information content (AvgIpc) is 2.56. The van der Waals surface area contributed by atoms with Gasteiger partial charge in [-0.15, -0.1) is 0 Å². The van der Waals surface area contributed by atoms with Crippen molar-refractivity contribution in [1.29, 1.82) is 0 Å². The molecule has 1 saturated heterocycles. The SMILES string of the molecule is CC1(CN)CCN(C(=O)C2CCCCCC2)C1. The lowest BCUT2D eigenvalue weighted by atomic mass is 9.90. The maximum absolute atomic E-state index is 12.4. The average molecular weight is 238 g/mol. The van der Waals surface area contributed by atoms with Crippen molar-refractivity contribution < 1.29 is 4.79 Å². The second-order valence-electron chi connectivity index (χ2n) is 6.21. The summed E-state index contributed by atoms with van der Waals surface area (Å²) in [5.74, 6) is 0.710. The highest BCUT2D eigenvalue weighted by Crippen LogP contribution is 2.32. The van der Waals surface area contributed by atoms with Crippen LogP contribution >= 0.6 is 0 Å². The van der Waals surface area contributed by atoms with E-state index in [0.29, 0.717) is 18.4 Å². The lowest BCUT2D eigenvalue weighted by molar-refractivity contribution is -0.135. The largest absolute Gasteiger partial charge is 0.342 e. The minimum absolute atomic E-state index is 0.167. The van der Waals surface area contributed by atoms with E-state index in [1.807, 2.05) is 0 Å². The molecule has 0 aromatic rings. The molecule has 0 radical (unpaired) electrons. The molecule has 1 aliphatic heterocycles. The van der Waals surface area contributed by atoms with E-state index in [2.05, 4.69) is 11.8 Å². The van der Waals surface area contributed by atoms with Gasteiger partial charge < -0.3 is 10.6 Å². The molecule has 1 amide bonds. The quantitative estimate of drug-likeness (QED) is 0.749. The molecule has 98 valence electrons. The zero-order valence-corrected chi connectivity index (χ0v) is 11.1. The summed E-state index contributed by atoms with van der Waals surface area (Å²) in [6.45, 7) is 4.69. The van der Waals surface area contributed by atoms with Gasteiger partial charge in [0.1, 0.15) is 0 Å². The Labute approximate surface area is 105 Å². The standard InChI is InChI=1S/C14H26N2O/c1-14(10-15)8-9-16(11-14)13(17)12-6-4-2-3-5-7-12/h12H,2-11,15H2,1H3. The van der Waals surface area contributed by atoms with Crippen molar-refractivity contribution in [1.82, 2.24) is 4.90 Å². The van der Waals surface area contributed by atoms with Crippen LogP contribution in [0.15, 0.2) is 0 Å². The zero-order valence-electron chi connectivity index (χ0n) is 11.1. The Morgan fingerprint density at radius 1 is 1.29 bits per heavy atom. The van der Waals surface area contributed by atoms with Gasteiger partial charge in [-0.05, 0) is 31.2 Å². The van der Waals surface area contributed by atoms with Crippen molar-refractivity contribution in [2.75, 3.05) is 19.6 Å². The third kappa shape index (κ3) is 3.01. The number of rotatable bonds is 2. The first kappa shape index (κ1) is 12.9. The first-order valence-corrected chi connectivity index (χ1v) is 7.13. The molecule has 0 bridgehead atoms. The van der Waals surface area contributed by atoms with Crippen molar-refractivity contribution in [3.8, 4) is 0 Å². The number of hydrogen-bond acceptors (Lipinski definition) is 2. The van der Waals surface area contributed by atoms with Gasteiger partial charge in [-0.3, -0.25) is 4.79 Å². The molecular weight excluding hydrogens is 212 g/mol. The van der Waals surface area contributed by atoms with Gasteiger partial charge >= 0.3 is 0 Å². The van der Waals surface area contributed by atoms with Crippen LogP contribution in [0.5, 0.6) is 0 Å². The Morgan fingerprint density at radius 3 is 2.47 bits per heavy atom. The Bertz CT molecular complexity index is 271. The lowest BCUT2D eigenvalue weighted by Crippen LogP contribution is -2.37. The number of likely N-dealkylation sites (tertiary alicyclic amines) is 1. The molecule has 0 aromatic heterocycles. The fourth-order valence-electron chi connectivity index (χ4n) is 3.16. The number of carbonyl (C=O) groups excluding carboxylic acids is 1. The van der Waals surface area contributed by atoms with Crippen molar-refractivity contribution in [2.24, 2.45) is 17.1 Å². The molecule has 0 spiro atoms. The van der Waals surface area contributed by atoms with Crippen molar-refractivity contribution in [3.05, 3.63) is 0 Å². The van der Waals surface area contributed by atoms with Crippen LogP contribution < -0.4 is 5.73 Å². The second-order valence-corrected chi connectivity index (χ2v) is 6.21. The molecule has 3 nitrogen and oxygen atoms in total. The molecule has 1 saturated carbocycles. The van der Waals surface area contributed by atoms with E-state index in [1.54, 1.807) is 0 Å². The Morgan fingerprint density at radius 2 is 1.94 bits per heavy atom. The highest BCUT2D eigenvalue weighted by Gasteiger charge is 2.36. The smallest absolute Gasteiger partial charge is 0.225 e. The Balaban J connectivity index is 1.91. The molecule has 2 aliphatic rings. The summed E-state index contributed by atoms with van der Waals surface area (Å²) in [6, 6.07) is 0. The number of hydrogen-bond donors (Lipinski definition) is 1. The zero-order chi connectivity index (χ0) is 12.3. The van der Waals surface area contributed by atoms with Crippen LogP contribution in [0.2, 0.25) is 0 Å². The van der Waals surface area contributed by atoms with Crippen LogP contribution in [-0.4, -0.2) is 30.4 Å². The number of nitrogens with zero attached hydrogens (tertiary/aromatic N) is 1. The van der Waals surface area contributed by atoms with Gasteiger partial charge in [-0.25, -0.2) is 0 Å². The fraction of sp³-hybridized carbons (Fsp3) is 0.929. The van der Waals surface area contributed by atoms with Crippen molar-refractivity contribution in [3.63, 3.8) is 0 Å². The van der Waals surface area contributed by atoms with E-state index in [9.17, 15) is 4.79 Å². The second kappa shape index (κ2) is 5.38. The molecule has 1 unspecified atom stereocenters. The number of amides is 1. The van der Waals surface area contributed by atoms with Gasteiger partial charge in [0.25, 0.3) is 0 Å². The van der Waals surface area contributed by atoms with Gasteiger partial charge in [0, 0.05) is 19.0 Å². The summed E-state index contributed by atoms with van der Waals surface area (Å²) in [5, 5.41) is 0. The monoisotopic (exact) mass is 238 g/mol. The molecule has 17 heavy (non-hydrogen) atoms. The first-order valence-electron chi connectivity index (χ1n) is 7.13. The predicted octanol–water partition coefficient (Wildman–Crippen LogP) is 2.15. The van der Waals surface area contributed by atoms with E-state index in [1.165, 1.54) is 25.7 Å². The van der Waals surface area contributed by atoms with Crippen molar-refractivity contribution in [2.45, 2.75) is 51.9 Å². The number of carbonyl (C=O) groups is 1. The summed E-state index contributed by atoms with van der Waals surface area (Å²) >= 11 is 0. The summed E-state index contributed by atoms with van der Waals surface area (Å²) in [6.07, 6.45) is 8.37. The van der Waals surface area contributed by atoms with E-state index in [0.717, 1.165) is 32.4 Å². The topological polar surface area (TPSA) is 46.3 Å². The highest BCUT2D eigenvalue weighted by atomic mass is 16.2. The van der Waals surface area contributed by atoms with Crippen LogP contribution in [-0.2, 0) is 4.79 Å². The van der Waals surface area contributed by atoms with Gasteiger partial charge in [0.2, 0.25) is 5.91 Å². The third-order valence-corrected chi connectivity index (χ3v) is 4.57. The first-order chi connectivity index (χ1) is 8.14. The van der Waals surface area contributed by atoms with Crippen molar-refractivity contribution >= 4 is 5.91 Å². The summed E-state index contributed by atoms with van der Waals surface area (Å²) < 4.78 is 0. The molecule has 2 fully saturated rings. The number of nitrogens with two attached hydrogens (primary N) is 1. The van der Waals surface area contributed by atoms with E-state index >= 15 is 0 Å². The molecule has 2 rings (SSSR count). The third-order valence-electron chi connectivity index (χ3n) is 4.57. The van der Waals surface area contributed by atoms with Gasteiger partial charge in [-0.1, -0.05) is 32.6 Å². The molecular formula is C14H26N2O. The molecule has 1 aliphatic carbocycles. The maximum atomic E-state index is 12.4. The van der Waals surface area contributed by atoms with Crippen LogP contribution in [0.1, 0.15) is 51.9 Å². The molecule has 1 heterocycles. The van der Waals surface area contributed by atoms with Gasteiger partial charge in [0.15, 0.2) is 0 Å². The fourth-order valence-corrected chi connectivity index (χ4v) is 3.16. The summed E-state index contributed by atoms with van der Waals surface area (Å²) in [5.41, 5.74) is 5.96. The van der Waals surface area contributed by atoms with Gasteiger partial charge in [-0.2, -0.15) is 0 Å². The van der Waals surface area contributed by atoms with Crippen LogP contribution in [0.4, 0.5) is 0 Å². The lowest BCUT2D eigenvalue weighted by Gasteiger charge is -2.25. The van der Waals surface area contributed by atoms with Crippen LogP contribution in [0, 0.1) is 11.3 Å². The van der Waals surface area contributed by atoms with E-state index < -0.39 is 0 Å². The maximum Gasteiger partial charge on any atom is 0.225 e. The van der Waals surface area contributed by atoms with E-state index in [-0.39, 0.29) is 5.41 Å². The minimum atomic E-state index is 0.167. The van der Waals surface area contributed by atoms with Crippen LogP contribution in [0.3, 0.4) is 0 Å². The Hall–Kier alpha value is -0.570. The van der Waals surface area contributed by atoms with Crippen LogP contribution in [0.25, 0.3) is 0 Å². The minimum Gasteiger partial charge on any atom is -0.342 e. The molecule has 3 heteroatoms. The summed E-state index contributed by atoms with van der Waals surface area (Å²) in [4.78, 5) is 14.5. The molecule has 0 aromatic carbocycles. The van der Waals surface area contributed by atoms with Gasteiger partial charge in [0.05, 0.1) is 0 Å². The Kier molecular flexibility index (Phi) is 4.08. The normalized spacial score (nSPS) is 31.5. The molecule has 2 N–H and O–H groups in total. The summed E-state index contributed by atoms with van der Waals surface area (Å²) in [7, 11) is 0. The predicted molar refractivity (Wildman–Crippen MR) is 69.6 cm³/mol. The van der Waals surface area contributed by atoms with E-state index in [4.69, 9.17) is 5.73 Å².